The van der Waals surface area contributed by atoms with Gasteiger partial charge in [-0.05, 0) is 63.1 Å². The molecule has 0 unspecified atom stereocenters. The number of carbonyl (C=O) groups excluding carboxylic acids is 1. The first kappa shape index (κ1) is 23.4. The second-order valence-corrected chi connectivity index (χ2v) is 9.97. The Labute approximate surface area is 188 Å². The zero-order chi connectivity index (χ0) is 22.6. The molecule has 0 bridgehead atoms. The van der Waals surface area contributed by atoms with Crippen molar-refractivity contribution in [3.8, 4) is 5.75 Å². The van der Waals surface area contributed by atoms with Crippen LogP contribution in [0.1, 0.15) is 37.0 Å². The monoisotopic (exact) mass is 465 g/mol. The van der Waals surface area contributed by atoms with Gasteiger partial charge in [-0.1, -0.05) is 17.7 Å². The molecule has 1 saturated heterocycles. The summed E-state index contributed by atoms with van der Waals surface area (Å²) in [4.78, 5) is 15.1. The summed E-state index contributed by atoms with van der Waals surface area (Å²) in [6.07, 6.45) is 1.75. The van der Waals surface area contributed by atoms with Gasteiger partial charge in [-0.25, -0.2) is 8.42 Å². The Morgan fingerprint density at radius 3 is 2.52 bits per heavy atom. The molecular formula is C22H28ClN3O4S. The number of halogens is 1. The van der Waals surface area contributed by atoms with Gasteiger partial charge < -0.3 is 15.0 Å². The molecule has 31 heavy (non-hydrogen) atoms. The standard InChI is InChI=1S/C22H28ClN3O4S/c1-15(2)26-11-9-18(10-12-26)24-22(27)16-5-4-6-19(13-16)31(28,29)25-20-14-17(23)7-8-21(20)30-3/h4-8,13-15,18,25H,9-12H2,1-3H3,(H,24,27). The summed E-state index contributed by atoms with van der Waals surface area (Å²) in [5, 5.41) is 3.40. The summed E-state index contributed by atoms with van der Waals surface area (Å²) < 4.78 is 33.5. The number of piperidine rings is 1. The van der Waals surface area contributed by atoms with Crippen LogP contribution in [0.2, 0.25) is 5.02 Å². The predicted molar refractivity (Wildman–Crippen MR) is 122 cm³/mol. The van der Waals surface area contributed by atoms with E-state index in [0.717, 1.165) is 25.9 Å². The summed E-state index contributed by atoms with van der Waals surface area (Å²) >= 11 is 5.99. The highest BCUT2D eigenvalue weighted by atomic mass is 35.5. The van der Waals surface area contributed by atoms with Gasteiger partial charge in [0.05, 0.1) is 17.7 Å². The highest BCUT2D eigenvalue weighted by Crippen LogP contribution is 2.30. The van der Waals surface area contributed by atoms with Crippen molar-refractivity contribution in [2.24, 2.45) is 0 Å². The minimum atomic E-state index is -3.94. The van der Waals surface area contributed by atoms with Crippen molar-refractivity contribution in [3.05, 3.63) is 53.1 Å². The quantitative estimate of drug-likeness (QED) is 0.650. The number of likely N-dealkylation sites (tertiary alicyclic amines) is 1. The Bertz CT molecular complexity index is 1030. The first-order valence-electron chi connectivity index (χ1n) is 10.2. The molecule has 0 saturated carbocycles. The molecule has 1 aliphatic heterocycles. The van der Waals surface area contributed by atoms with Crippen LogP contribution in [-0.4, -0.2) is 51.5 Å². The molecule has 0 atom stereocenters. The molecule has 0 aromatic heterocycles. The van der Waals surface area contributed by atoms with Gasteiger partial charge in [0.1, 0.15) is 5.75 Å². The van der Waals surface area contributed by atoms with Crippen LogP contribution in [0.4, 0.5) is 5.69 Å². The molecule has 0 aliphatic carbocycles. The third kappa shape index (κ3) is 5.90. The molecule has 3 rings (SSSR count). The Balaban J connectivity index is 1.72. The predicted octanol–water partition coefficient (Wildman–Crippen LogP) is 3.75. The molecule has 7 nitrogen and oxygen atoms in total. The van der Waals surface area contributed by atoms with Crippen LogP contribution in [0.5, 0.6) is 5.75 Å². The number of benzene rings is 2. The van der Waals surface area contributed by atoms with E-state index in [9.17, 15) is 13.2 Å². The van der Waals surface area contributed by atoms with E-state index in [1.54, 1.807) is 24.3 Å². The summed E-state index contributed by atoms with van der Waals surface area (Å²) in [6.45, 7) is 6.20. The van der Waals surface area contributed by atoms with Crippen molar-refractivity contribution < 1.29 is 17.9 Å². The second kappa shape index (κ2) is 9.89. The number of rotatable bonds is 7. The maximum Gasteiger partial charge on any atom is 0.262 e. The number of ether oxygens (including phenoxy) is 1. The Morgan fingerprint density at radius 1 is 1.16 bits per heavy atom. The third-order valence-electron chi connectivity index (χ3n) is 5.41. The van der Waals surface area contributed by atoms with Crippen molar-refractivity contribution >= 4 is 33.2 Å². The van der Waals surface area contributed by atoms with Crippen molar-refractivity contribution in [3.63, 3.8) is 0 Å². The number of amides is 1. The molecule has 9 heteroatoms. The molecule has 168 valence electrons. The third-order valence-corrected chi connectivity index (χ3v) is 7.01. The Hall–Kier alpha value is -2.29. The van der Waals surface area contributed by atoms with Crippen LogP contribution >= 0.6 is 11.6 Å². The molecule has 2 aromatic carbocycles. The average molecular weight is 466 g/mol. The van der Waals surface area contributed by atoms with Gasteiger partial charge in [-0.15, -0.1) is 0 Å². The van der Waals surface area contributed by atoms with E-state index < -0.39 is 10.0 Å². The van der Waals surface area contributed by atoms with Crippen LogP contribution in [0.3, 0.4) is 0 Å². The summed E-state index contributed by atoms with van der Waals surface area (Å²) in [6, 6.07) is 11.2. The van der Waals surface area contributed by atoms with Crippen LogP contribution in [-0.2, 0) is 10.0 Å². The topological polar surface area (TPSA) is 87.7 Å². The van der Waals surface area contributed by atoms with Crippen LogP contribution in [0.25, 0.3) is 0 Å². The number of nitrogens with zero attached hydrogens (tertiary/aromatic N) is 1. The fourth-order valence-electron chi connectivity index (χ4n) is 3.60. The number of sulfonamides is 1. The zero-order valence-corrected chi connectivity index (χ0v) is 19.5. The first-order chi connectivity index (χ1) is 14.7. The van der Waals surface area contributed by atoms with Crippen molar-refractivity contribution in [1.82, 2.24) is 10.2 Å². The van der Waals surface area contributed by atoms with E-state index >= 15 is 0 Å². The molecule has 0 spiro atoms. The molecule has 0 radical (unpaired) electrons. The van der Waals surface area contributed by atoms with E-state index in [4.69, 9.17) is 16.3 Å². The molecule has 1 fully saturated rings. The largest absolute Gasteiger partial charge is 0.495 e. The van der Waals surface area contributed by atoms with Crippen molar-refractivity contribution in [1.29, 1.82) is 0 Å². The second-order valence-electron chi connectivity index (χ2n) is 7.86. The van der Waals surface area contributed by atoms with Crippen LogP contribution in [0, 0.1) is 0 Å². The van der Waals surface area contributed by atoms with Gasteiger partial charge in [0.25, 0.3) is 15.9 Å². The number of hydrogen-bond acceptors (Lipinski definition) is 5. The van der Waals surface area contributed by atoms with Crippen LogP contribution < -0.4 is 14.8 Å². The number of carbonyl (C=O) groups is 1. The van der Waals surface area contributed by atoms with Gasteiger partial charge in [0.2, 0.25) is 0 Å². The lowest BCUT2D eigenvalue weighted by atomic mass is 10.0. The van der Waals surface area contributed by atoms with E-state index in [2.05, 4.69) is 28.8 Å². The van der Waals surface area contributed by atoms with E-state index in [-0.39, 0.29) is 22.5 Å². The molecule has 2 N–H and O–H groups in total. The molecular weight excluding hydrogens is 438 g/mol. The summed E-state index contributed by atoms with van der Waals surface area (Å²) in [7, 11) is -2.50. The SMILES string of the molecule is COc1ccc(Cl)cc1NS(=O)(=O)c1cccc(C(=O)NC2CCN(C(C)C)CC2)c1. The van der Waals surface area contributed by atoms with Gasteiger partial charge in [-0.3, -0.25) is 9.52 Å². The smallest absolute Gasteiger partial charge is 0.262 e. The van der Waals surface area contributed by atoms with E-state index in [0.29, 0.717) is 22.4 Å². The normalized spacial score (nSPS) is 15.6. The highest BCUT2D eigenvalue weighted by molar-refractivity contribution is 7.92. The Kier molecular flexibility index (Phi) is 7.46. The highest BCUT2D eigenvalue weighted by Gasteiger charge is 2.23. The molecule has 1 aliphatic rings. The van der Waals surface area contributed by atoms with Gasteiger partial charge >= 0.3 is 0 Å². The lowest BCUT2D eigenvalue weighted by molar-refractivity contribution is 0.0900. The fourth-order valence-corrected chi connectivity index (χ4v) is 4.88. The minimum absolute atomic E-state index is 0.0168. The maximum atomic E-state index is 12.9. The van der Waals surface area contributed by atoms with Gasteiger partial charge in [-0.2, -0.15) is 0 Å². The average Bonchev–Trinajstić information content (AvgIpc) is 2.74. The van der Waals surface area contributed by atoms with Gasteiger partial charge in [0.15, 0.2) is 0 Å². The number of hydrogen-bond donors (Lipinski definition) is 2. The van der Waals surface area contributed by atoms with Gasteiger partial charge in [0, 0.05) is 35.8 Å². The zero-order valence-electron chi connectivity index (χ0n) is 17.9. The first-order valence-corrected chi connectivity index (χ1v) is 12.1. The number of nitrogens with one attached hydrogen (secondary N) is 2. The lowest BCUT2D eigenvalue weighted by Crippen LogP contribution is -2.46. The Morgan fingerprint density at radius 2 is 1.87 bits per heavy atom. The maximum absolute atomic E-state index is 12.9. The number of anilines is 1. The minimum Gasteiger partial charge on any atom is -0.495 e. The summed E-state index contributed by atoms with van der Waals surface area (Å²) in [5.41, 5.74) is 0.522. The summed E-state index contributed by atoms with van der Waals surface area (Å²) in [5.74, 6) is 0.0648. The molecule has 2 aromatic rings. The van der Waals surface area contributed by atoms with E-state index in [1.807, 2.05) is 0 Å². The fraction of sp³-hybridized carbons (Fsp3) is 0.409. The lowest BCUT2D eigenvalue weighted by Gasteiger charge is -2.34. The van der Waals surface area contributed by atoms with Crippen LogP contribution in [0.15, 0.2) is 47.4 Å². The number of methoxy groups -OCH3 is 1. The van der Waals surface area contributed by atoms with Crippen molar-refractivity contribution in [2.75, 3.05) is 24.9 Å². The van der Waals surface area contributed by atoms with Crippen molar-refractivity contribution in [2.45, 2.75) is 43.7 Å². The molecule has 1 amide bonds. The molecule has 1 heterocycles. The van der Waals surface area contributed by atoms with E-state index in [1.165, 1.54) is 25.3 Å².